The molecule has 4 N–H and O–H groups in total. The number of hydrogen-bond donors (Lipinski definition) is 4. The molecule has 0 amide bonds. The molecule has 1 aliphatic carbocycles. The van der Waals surface area contributed by atoms with Crippen LogP contribution in [0.2, 0.25) is 0 Å². The summed E-state index contributed by atoms with van der Waals surface area (Å²) in [5.41, 5.74) is 3.24. The molecular weight excluding hydrogens is 578 g/mol. The Morgan fingerprint density at radius 1 is 0.857 bits per heavy atom. The van der Waals surface area contributed by atoms with Gasteiger partial charge in [0.05, 0.1) is 11.6 Å². The van der Waals surface area contributed by atoms with Crippen molar-refractivity contribution in [3.63, 3.8) is 0 Å². The monoisotopic (exact) mass is 612 g/mol. The lowest BCUT2D eigenvalue weighted by Crippen LogP contribution is -2.35. The van der Waals surface area contributed by atoms with Gasteiger partial charge in [-0.05, 0) is 31.6 Å². The Morgan fingerprint density at radius 2 is 1.45 bits per heavy atom. The van der Waals surface area contributed by atoms with E-state index in [1.165, 1.54) is 12.2 Å². The van der Waals surface area contributed by atoms with Crippen LogP contribution in [-0.2, 0) is 24.8 Å². The van der Waals surface area contributed by atoms with E-state index in [4.69, 9.17) is 0 Å². The quantitative estimate of drug-likeness (QED) is 0.199. The normalized spacial score (nSPS) is 21.3. The van der Waals surface area contributed by atoms with E-state index in [-0.39, 0.29) is 24.2 Å². The van der Waals surface area contributed by atoms with Gasteiger partial charge in [-0.2, -0.15) is 4.58 Å². The van der Waals surface area contributed by atoms with Gasteiger partial charge in [-0.15, -0.1) is 0 Å². The van der Waals surface area contributed by atoms with Crippen molar-refractivity contribution in [1.29, 1.82) is 0 Å². The first-order chi connectivity index (χ1) is 19.4. The lowest BCUT2D eigenvalue weighted by Gasteiger charge is -2.33. The molecular formula is C30H34N2O8P2. The third-order valence-corrected chi connectivity index (χ3v) is 9.93. The van der Waals surface area contributed by atoms with Crippen molar-refractivity contribution < 1.29 is 43.2 Å². The standard InChI is InChI=1S/C30H34N2O8P2/c1-29(2)21-9-5-7-11-23(21)31(13-15-41(35,36)37)25(29)17-19-27(33)20(28(19)34)18-26-30(3,4)22-10-6-8-12-24(22)32(26)14-16-42(38,39)40/h5-12,17-18H,13-16H2,1-4H3,(H4-,33,34,35,36,37,38,39,40). The van der Waals surface area contributed by atoms with Crippen molar-refractivity contribution in [2.45, 2.75) is 38.5 Å². The maximum Gasteiger partial charge on any atom is 0.331 e. The molecule has 2 aliphatic heterocycles. The molecule has 0 fully saturated rings. The average molecular weight is 613 g/mol. The van der Waals surface area contributed by atoms with Crippen LogP contribution < -0.4 is 10.0 Å². The fourth-order valence-electron chi connectivity index (χ4n) is 6.11. The SMILES string of the molecule is CC1(C)C(/C=C2/C(=O)C(/C=C3\N(CCP(=O)(O)O)c4ccccc4C3(C)C)=C2[O-])=[N+](CCP(=O)(O)O)c2ccccc21. The van der Waals surface area contributed by atoms with Gasteiger partial charge in [0.15, 0.2) is 18.0 Å². The summed E-state index contributed by atoms with van der Waals surface area (Å²) in [4.78, 5) is 53.4. The zero-order valence-electron chi connectivity index (χ0n) is 23.8. The van der Waals surface area contributed by atoms with Gasteiger partial charge < -0.3 is 29.6 Å². The molecule has 0 atom stereocenters. The number of rotatable bonds is 8. The summed E-state index contributed by atoms with van der Waals surface area (Å²) < 4.78 is 25.2. The fraction of sp³-hybridized carbons (Fsp3) is 0.333. The molecule has 0 aromatic heterocycles. The van der Waals surface area contributed by atoms with Crippen LogP contribution in [0, 0.1) is 0 Å². The van der Waals surface area contributed by atoms with Gasteiger partial charge in [0.2, 0.25) is 5.69 Å². The highest BCUT2D eigenvalue weighted by atomic mass is 31.2. The van der Waals surface area contributed by atoms with Gasteiger partial charge in [-0.1, -0.05) is 56.0 Å². The van der Waals surface area contributed by atoms with Crippen molar-refractivity contribution in [3.05, 3.63) is 94.4 Å². The van der Waals surface area contributed by atoms with Crippen LogP contribution in [0.15, 0.2) is 83.3 Å². The second kappa shape index (κ2) is 10.3. The number of carbonyl (C=O) groups is 1. The zero-order valence-corrected chi connectivity index (χ0v) is 25.6. The first-order valence-electron chi connectivity index (χ1n) is 13.5. The van der Waals surface area contributed by atoms with E-state index in [0.29, 0.717) is 11.4 Å². The van der Waals surface area contributed by atoms with Crippen molar-refractivity contribution in [2.24, 2.45) is 0 Å². The Hall–Kier alpha value is -3.10. The summed E-state index contributed by atoms with van der Waals surface area (Å²) in [7, 11) is -8.62. The summed E-state index contributed by atoms with van der Waals surface area (Å²) in [6.45, 7) is 7.77. The molecule has 42 heavy (non-hydrogen) atoms. The summed E-state index contributed by atoms with van der Waals surface area (Å²) in [6.07, 6.45) is 2.28. The van der Waals surface area contributed by atoms with Crippen LogP contribution >= 0.6 is 15.2 Å². The smallest absolute Gasteiger partial charge is 0.331 e. The largest absolute Gasteiger partial charge is 0.871 e. The number of benzene rings is 2. The van der Waals surface area contributed by atoms with E-state index in [0.717, 1.165) is 22.5 Å². The number of carbonyl (C=O) groups excluding carboxylic acids is 1. The highest BCUT2D eigenvalue weighted by Gasteiger charge is 2.46. The van der Waals surface area contributed by atoms with E-state index < -0.39 is 49.9 Å². The lowest BCUT2D eigenvalue weighted by atomic mass is 9.77. The van der Waals surface area contributed by atoms with Gasteiger partial charge in [0.25, 0.3) is 0 Å². The summed E-state index contributed by atoms with van der Waals surface area (Å²) in [6, 6.07) is 14.9. The Bertz CT molecular complexity index is 1720. The number of para-hydroxylation sites is 2. The Labute approximate surface area is 244 Å². The van der Waals surface area contributed by atoms with Gasteiger partial charge in [-0.25, -0.2) is 0 Å². The molecule has 0 saturated carbocycles. The zero-order chi connectivity index (χ0) is 30.8. The van der Waals surface area contributed by atoms with E-state index in [1.54, 1.807) is 9.48 Å². The summed E-state index contributed by atoms with van der Waals surface area (Å²) in [5, 5.41) is 13.5. The predicted octanol–water partition coefficient (Wildman–Crippen LogP) is 3.22. The van der Waals surface area contributed by atoms with Crippen LogP contribution in [0.4, 0.5) is 11.4 Å². The van der Waals surface area contributed by atoms with Crippen molar-refractivity contribution in [2.75, 3.05) is 30.3 Å². The van der Waals surface area contributed by atoms with E-state index in [9.17, 15) is 38.6 Å². The second-order valence-electron chi connectivity index (χ2n) is 11.9. The number of ketones is 1. The number of fused-ring (bicyclic) bond motifs is 2. The fourth-order valence-corrected chi connectivity index (χ4v) is 7.03. The number of Topliss-reactive ketones (excluding diaryl/α,β-unsaturated/α-hetero) is 1. The minimum atomic E-state index is -4.31. The first kappa shape index (κ1) is 30.4. The van der Waals surface area contributed by atoms with Gasteiger partial charge in [0, 0.05) is 52.2 Å². The number of nitrogens with zero attached hydrogens (tertiary/aromatic N) is 2. The molecule has 0 saturated heterocycles. The van der Waals surface area contributed by atoms with E-state index in [1.807, 2.05) is 76.2 Å². The minimum absolute atomic E-state index is 0.00775. The predicted molar refractivity (Wildman–Crippen MR) is 158 cm³/mol. The molecule has 2 aromatic rings. The molecule has 5 rings (SSSR count). The molecule has 0 radical (unpaired) electrons. The minimum Gasteiger partial charge on any atom is -0.871 e. The van der Waals surface area contributed by atoms with Crippen LogP contribution in [0.5, 0.6) is 0 Å². The topological polar surface area (TPSA) is 161 Å². The molecule has 0 spiro atoms. The molecule has 12 heteroatoms. The van der Waals surface area contributed by atoms with E-state index >= 15 is 0 Å². The second-order valence-corrected chi connectivity index (χ2v) is 15.5. The van der Waals surface area contributed by atoms with Crippen LogP contribution in [-0.4, -0.2) is 61.1 Å². The highest BCUT2D eigenvalue weighted by molar-refractivity contribution is 7.52. The van der Waals surface area contributed by atoms with Crippen LogP contribution in [0.3, 0.4) is 0 Å². The molecule has 2 heterocycles. The van der Waals surface area contributed by atoms with Crippen LogP contribution in [0.1, 0.15) is 38.8 Å². The number of anilines is 1. The van der Waals surface area contributed by atoms with Crippen LogP contribution in [0.25, 0.3) is 0 Å². The Morgan fingerprint density at radius 3 is 2.07 bits per heavy atom. The summed E-state index contributed by atoms with van der Waals surface area (Å²) in [5.74, 6) is -0.910. The lowest BCUT2D eigenvalue weighted by molar-refractivity contribution is -0.432. The Balaban J connectivity index is 1.58. The third-order valence-electron chi connectivity index (χ3n) is 8.37. The Kier molecular flexibility index (Phi) is 7.42. The van der Waals surface area contributed by atoms with Crippen molar-refractivity contribution >= 4 is 38.1 Å². The number of allylic oxidation sites excluding steroid dienone is 5. The van der Waals surface area contributed by atoms with Gasteiger partial charge in [-0.3, -0.25) is 13.9 Å². The molecule has 0 bridgehead atoms. The summed E-state index contributed by atoms with van der Waals surface area (Å²) >= 11 is 0. The molecule has 3 aliphatic rings. The molecule has 222 valence electrons. The molecule has 10 nitrogen and oxygen atoms in total. The van der Waals surface area contributed by atoms with E-state index in [2.05, 4.69) is 0 Å². The van der Waals surface area contributed by atoms with Crippen molar-refractivity contribution in [3.8, 4) is 0 Å². The maximum absolute atomic E-state index is 13.5. The average Bonchev–Trinajstić information content (AvgIpc) is 3.25. The van der Waals surface area contributed by atoms with Gasteiger partial charge >= 0.3 is 15.2 Å². The molecule has 0 unspecified atom stereocenters. The van der Waals surface area contributed by atoms with Gasteiger partial charge in [0.1, 0.15) is 6.16 Å². The third kappa shape index (κ3) is 5.28. The first-order valence-corrected chi connectivity index (χ1v) is 17.1. The number of hydrogen-bond acceptors (Lipinski definition) is 5. The maximum atomic E-state index is 13.5. The molecule has 2 aromatic carbocycles. The highest BCUT2D eigenvalue weighted by Crippen LogP contribution is 2.50. The van der Waals surface area contributed by atoms with Crippen molar-refractivity contribution in [1.82, 2.24) is 0 Å².